The van der Waals surface area contributed by atoms with Crippen molar-refractivity contribution >= 4 is 34.4 Å². The van der Waals surface area contributed by atoms with Crippen LogP contribution in [0.25, 0.3) is 0 Å². The van der Waals surface area contributed by atoms with Crippen LogP contribution in [0.4, 0.5) is 4.39 Å². The van der Waals surface area contributed by atoms with Crippen LogP contribution in [-0.2, 0) is 42.8 Å². The SMILES string of the molecule is C[S@](=O)CC[C@@H](NC(=O)[C@H](N)Cc1ccc(O)cc1)C(=O)NCC(=O)N[C@H](Cc1ccc(F)cc1)C(N)=O. The quantitative estimate of drug-likeness (QED) is 0.174. The Bertz CT molecular complexity index is 1150. The lowest BCUT2D eigenvalue weighted by molar-refractivity contribution is -0.131. The first-order valence-corrected chi connectivity index (χ1v) is 13.4. The van der Waals surface area contributed by atoms with Gasteiger partial charge in [0.2, 0.25) is 23.6 Å². The number of rotatable bonds is 14. The maximum absolute atomic E-state index is 13.1. The maximum atomic E-state index is 13.1. The molecule has 0 spiro atoms. The molecule has 38 heavy (non-hydrogen) atoms. The molecule has 2 rings (SSSR count). The molecule has 4 amide bonds. The Balaban J connectivity index is 1.95. The fourth-order valence-electron chi connectivity index (χ4n) is 3.42. The van der Waals surface area contributed by atoms with E-state index in [1.807, 2.05) is 0 Å². The van der Waals surface area contributed by atoms with Crippen molar-refractivity contribution in [1.82, 2.24) is 16.0 Å². The lowest BCUT2D eigenvalue weighted by Gasteiger charge is -2.21. The van der Waals surface area contributed by atoms with Crippen LogP contribution in [0.2, 0.25) is 0 Å². The largest absolute Gasteiger partial charge is 0.508 e. The van der Waals surface area contributed by atoms with E-state index in [1.54, 1.807) is 12.1 Å². The number of hydrogen-bond donors (Lipinski definition) is 6. The number of phenols is 1. The van der Waals surface area contributed by atoms with Crippen molar-refractivity contribution in [2.24, 2.45) is 11.5 Å². The van der Waals surface area contributed by atoms with Crippen LogP contribution in [0, 0.1) is 5.82 Å². The van der Waals surface area contributed by atoms with Gasteiger partial charge >= 0.3 is 0 Å². The summed E-state index contributed by atoms with van der Waals surface area (Å²) in [6.07, 6.45) is 1.65. The zero-order valence-electron chi connectivity index (χ0n) is 20.8. The van der Waals surface area contributed by atoms with E-state index in [4.69, 9.17) is 11.5 Å². The number of halogens is 1. The number of nitrogens with one attached hydrogen (secondary N) is 3. The molecule has 4 atom stereocenters. The number of amides is 4. The fraction of sp³-hybridized carbons (Fsp3) is 0.360. The van der Waals surface area contributed by atoms with E-state index >= 15 is 0 Å². The first-order chi connectivity index (χ1) is 17.9. The van der Waals surface area contributed by atoms with Crippen LogP contribution in [0.5, 0.6) is 5.75 Å². The summed E-state index contributed by atoms with van der Waals surface area (Å²) in [4.78, 5) is 49.6. The van der Waals surface area contributed by atoms with Gasteiger partial charge in [-0.2, -0.15) is 0 Å². The molecule has 13 heteroatoms. The molecule has 0 radical (unpaired) electrons. The fourth-order valence-corrected chi connectivity index (χ4v) is 3.99. The van der Waals surface area contributed by atoms with Gasteiger partial charge in [0.05, 0.1) is 12.6 Å². The molecule has 0 saturated carbocycles. The van der Waals surface area contributed by atoms with Gasteiger partial charge in [-0.25, -0.2) is 4.39 Å². The Hall–Kier alpha value is -3.84. The number of primary amides is 1. The minimum absolute atomic E-state index is 0.0230. The van der Waals surface area contributed by atoms with Gasteiger partial charge in [0.15, 0.2) is 0 Å². The van der Waals surface area contributed by atoms with E-state index in [9.17, 15) is 32.9 Å². The Labute approximate surface area is 222 Å². The van der Waals surface area contributed by atoms with Crippen LogP contribution >= 0.6 is 0 Å². The van der Waals surface area contributed by atoms with Crippen LogP contribution < -0.4 is 27.4 Å². The molecule has 0 heterocycles. The molecule has 11 nitrogen and oxygen atoms in total. The zero-order chi connectivity index (χ0) is 28.2. The lowest BCUT2D eigenvalue weighted by atomic mass is 10.0. The topological polar surface area (TPSA) is 194 Å². The molecule has 206 valence electrons. The lowest BCUT2D eigenvalue weighted by Crippen LogP contribution is -2.54. The van der Waals surface area contributed by atoms with Crippen molar-refractivity contribution in [2.75, 3.05) is 18.6 Å². The summed E-state index contributed by atoms with van der Waals surface area (Å²) in [5.41, 5.74) is 12.6. The molecule has 0 aliphatic carbocycles. The average molecular weight is 550 g/mol. The summed E-state index contributed by atoms with van der Waals surface area (Å²) in [5, 5.41) is 16.7. The van der Waals surface area contributed by atoms with E-state index < -0.39 is 64.9 Å². The summed E-state index contributed by atoms with van der Waals surface area (Å²) >= 11 is 0. The summed E-state index contributed by atoms with van der Waals surface area (Å²) in [6.45, 7) is -0.521. The number of benzene rings is 2. The van der Waals surface area contributed by atoms with Crippen LogP contribution in [0.15, 0.2) is 48.5 Å². The van der Waals surface area contributed by atoms with Crippen molar-refractivity contribution in [2.45, 2.75) is 37.4 Å². The number of hydrogen-bond acceptors (Lipinski definition) is 7. The first-order valence-electron chi connectivity index (χ1n) is 11.7. The zero-order valence-corrected chi connectivity index (χ0v) is 21.6. The van der Waals surface area contributed by atoms with Crippen molar-refractivity contribution in [3.8, 4) is 5.75 Å². The van der Waals surface area contributed by atoms with E-state index in [-0.39, 0.29) is 30.8 Å². The number of phenolic OH excluding ortho intramolecular Hbond substituents is 1. The standard InChI is InChI=1S/C25H32FN5O6S/c1-38(37)11-10-20(31-24(35)19(27)12-15-4-8-18(32)9-5-15)25(36)29-14-22(33)30-21(23(28)34)13-16-2-6-17(26)7-3-16/h2-9,19-21,32H,10-14,27H2,1H3,(H2,28,34)(H,29,36)(H,30,33)(H,31,35)/t19-,20-,21-,38+/m1/s1. The van der Waals surface area contributed by atoms with Gasteiger partial charge in [0.25, 0.3) is 0 Å². The monoisotopic (exact) mass is 549 g/mol. The number of carbonyl (C=O) groups excluding carboxylic acids is 4. The molecular weight excluding hydrogens is 517 g/mol. The minimum atomic E-state index is -1.25. The van der Waals surface area contributed by atoms with Crippen molar-refractivity contribution < 1.29 is 32.9 Å². The number of nitrogens with two attached hydrogens (primary N) is 2. The van der Waals surface area contributed by atoms with Crippen LogP contribution in [0.3, 0.4) is 0 Å². The van der Waals surface area contributed by atoms with Crippen LogP contribution in [-0.4, -0.2) is 69.6 Å². The number of carbonyl (C=O) groups is 4. The van der Waals surface area contributed by atoms with Crippen molar-refractivity contribution in [1.29, 1.82) is 0 Å². The summed E-state index contributed by atoms with van der Waals surface area (Å²) in [7, 11) is -1.25. The summed E-state index contributed by atoms with van der Waals surface area (Å²) in [5.74, 6) is -3.13. The highest BCUT2D eigenvalue weighted by Gasteiger charge is 2.25. The van der Waals surface area contributed by atoms with Crippen molar-refractivity contribution in [3.05, 3.63) is 65.5 Å². The Morgan fingerprint density at radius 3 is 2.08 bits per heavy atom. The van der Waals surface area contributed by atoms with Gasteiger partial charge in [0.1, 0.15) is 23.7 Å². The Morgan fingerprint density at radius 1 is 0.921 bits per heavy atom. The van der Waals surface area contributed by atoms with E-state index in [0.29, 0.717) is 11.1 Å². The predicted molar refractivity (Wildman–Crippen MR) is 140 cm³/mol. The summed E-state index contributed by atoms with van der Waals surface area (Å²) in [6, 6.07) is 8.26. The van der Waals surface area contributed by atoms with Gasteiger partial charge < -0.3 is 32.5 Å². The smallest absolute Gasteiger partial charge is 0.243 e. The van der Waals surface area contributed by atoms with Crippen LogP contribution in [0.1, 0.15) is 17.5 Å². The van der Waals surface area contributed by atoms with Gasteiger partial charge in [-0.05, 0) is 48.2 Å². The third-order valence-corrected chi connectivity index (χ3v) is 6.32. The molecule has 0 unspecified atom stereocenters. The van der Waals surface area contributed by atoms with Gasteiger partial charge in [-0.3, -0.25) is 23.4 Å². The van der Waals surface area contributed by atoms with Gasteiger partial charge in [-0.15, -0.1) is 0 Å². The third-order valence-electron chi connectivity index (χ3n) is 5.51. The molecule has 2 aromatic rings. The molecule has 0 aliphatic rings. The first kappa shape index (κ1) is 30.4. The number of aromatic hydroxyl groups is 1. The normalized spacial score (nSPS) is 14.0. The van der Waals surface area contributed by atoms with Gasteiger partial charge in [0, 0.05) is 29.2 Å². The Kier molecular flexibility index (Phi) is 11.8. The van der Waals surface area contributed by atoms with Crippen molar-refractivity contribution in [3.63, 3.8) is 0 Å². The maximum Gasteiger partial charge on any atom is 0.243 e. The molecule has 0 bridgehead atoms. The molecule has 0 aromatic heterocycles. The van der Waals surface area contributed by atoms with E-state index in [0.717, 1.165) is 0 Å². The third kappa shape index (κ3) is 10.6. The highest BCUT2D eigenvalue weighted by molar-refractivity contribution is 7.84. The highest BCUT2D eigenvalue weighted by atomic mass is 32.2. The summed E-state index contributed by atoms with van der Waals surface area (Å²) < 4.78 is 24.7. The minimum Gasteiger partial charge on any atom is -0.508 e. The van der Waals surface area contributed by atoms with Gasteiger partial charge in [-0.1, -0.05) is 24.3 Å². The van der Waals surface area contributed by atoms with E-state index in [2.05, 4.69) is 16.0 Å². The molecule has 0 fully saturated rings. The molecular formula is C25H32FN5O6S. The molecule has 0 aliphatic heterocycles. The highest BCUT2D eigenvalue weighted by Crippen LogP contribution is 2.11. The predicted octanol–water partition coefficient (Wildman–Crippen LogP) is -1.02. The molecule has 2 aromatic carbocycles. The molecule has 0 saturated heterocycles. The second-order valence-corrected chi connectivity index (χ2v) is 10.2. The average Bonchev–Trinajstić information content (AvgIpc) is 2.86. The second kappa shape index (κ2) is 14.8. The second-order valence-electron chi connectivity index (χ2n) is 8.68. The van der Waals surface area contributed by atoms with E-state index in [1.165, 1.54) is 42.7 Å². The Morgan fingerprint density at radius 2 is 1.50 bits per heavy atom. The molecule has 8 N–H and O–H groups in total.